The van der Waals surface area contributed by atoms with E-state index in [4.69, 9.17) is 15.2 Å². The van der Waals surface area contributed by atoms with Crippen LogP contribution in [-0.2, 0) is 16.8 Å². The van der Waals surface area contributed by atoms with E-state index in [1.165, 1.54) is 5.56 Å². The number of likely N-dealkylation sites (tertiary alicyclic amines) is 1. The maximum absolute atomic E-state index is 13.5. The molecule has 3 aromatic rings. The summed E-state index contributed by atoms with van der Waals surface area (Å²) in [4.78, 5) is 15.5. The van der Waals surface area contributed by atoms with Crippen molar-refractivity contribution in [3.8, 4) is 17.2 Å². The van der Waals surface area contributed by atoms with Gasteiger partial charge in [-0.15, -0.1) is 0 Å². The lowest BCUT2D eigenvalue weighted by atomic mass is 9.74. The predicted molar refractivity (Wildman–Crippen MR) is 127 cm³/mol. The van der Waals surface area contributed by atoms with Crippen molar-refractivity contribution < 1.29 is 14.3 Å². The maximum atomic E-state index is 13.5. The zero-order valence-corrected chi connectivity index (χ0v) is 18.6. The Bertz CT molecular complexity index is 1170. The second-order valence-corrected chi connectivity index (χ2v) is 9.42. The molecule has 6 rings (SSSR count). The Balaban J connectivity index is 1.20. The first-order valence-electron chi connectivity index (χ1n) is 11.8. The first-order valence-corrected chi connectivity index (χ1v) is 11.8. The fourth-order valence-electron chi connectivity index (χ4n) is 5.67. The van der Waals surface area contributed by atoms with Gasteiger partial charge < -0.3 is 20.1 Å². The summed E-state index contributed by atoms with van der Waals surface area (Å²) in [7, 11) is 0. The number of para-hydroxylation sites is 2. The molecule has 168 valence electrons. The molecular weight excluding hydrogens is 412 g/mol. The van der Waals surface area contributed by atoms with Crippen molar-refractivity contribution in [2.75, 3.05) is 19.7 Å². The Kier molecular flexibility index (Phi) is 4.88. The molecule has 0 aromatic heterocycles. The van der Waals surface area contributed by atoms with Crippen LogP contribution in [0.2, 0.25) is 0 Å². The van der Waals surface area contributed by atoms with Gasteiger partial charge in [-0.3, -0.25) is 4.79 Å². The smallest absolute Gasteiger partial charge is 0.223 e. The predicted octanol–water partition coefficient (Wildman–Crippen LogP) is 4.73. The van der Waals surface area contributed by atoms with E-state index in [0.29, 0.717) is 19.6 Å². The summed E-state index contributed by atoms with van der Waals surface area (Å²) < 4.78 is 12.1. The number of hydrogen-bond donors (Lipinski definition) is 1. The Hall–Kier alpha value is -3.31. The van der Waals surface area contributed by atoms with Crippen molar-refractivity contribution >= 4 is 5.91 Å². The molecule has 0 atom stereocenters. The summed E-state index contributed by atoms with van der Waals surface area (Å²) in [6.45, 7) is 2.73. The van der Waals surface area contributed by atoms with Gasteiger partial charge in [-0.25, -0.2) is 0 Å². The van der Waals surface area contributed by atoms with Crippen LogP contribution in [-0.4, -0.2) is 30.5 Å². The van der Waals surface area contributed by atoms with Crippen molar-refractivity contribution in [2.24, 2.45) is 5.73 Å². The van der Waals surface area contributed by atoms with Gasteiger partial charge in [0.2, 0.25) is 5.91 Å². The Morgan fingerprint density at radius 2 is 1.61 bits per heavy atom. The molecule has 0 radical (unpaired) electrons. The zero-order chi connectivity index (χ0) is 22.4. The lowest BCUT2D eigenvalue weighted by Gasteiger charge is -2.39. The molecule has 3 aliphatic rings. The largest absolute Gasteiger partial charge is 0.492 e. The molecule has 0 aliphatic carbocycles. The van der Waals surface area contributed by atoms with Crippen LogP contribution in [0, 0.1) is 0 Å². The van der Waals surface area contributed by atoms with Gasteiger partial charge in [-0.1, -0.05) is 48.5 Å². The van der Waals surface area contributed by atoms with Gasteiger partial charge in [0.05, 0.1) is 6.61 Å². The quantitative estimate of drug-likeness (QED) is 0.640. The van der Waals surface area contributed by atoms with Crippen molar-refractivity contribution in [1.82, 2.24) is 4.90 Å². The number of amides is 1. The van der Waals surface area contributed by atoms with E-state index in [9.17, 15) is 4.79 Å². The van der Waals surface area contributed by atoms with Gasteiger partial charge in [0.15, 0.2) is 0 Å². The van der Waals surface area contributed by atoms with Crippen LogP contribution in [0.5, 0.6) is 17.2 Å². The third-order valence-electron chi connectivity index (χ3n) is 7.62. The number of nitrogens with two attached hydrogens (primary N) is 1. The number of rotatable bonds is 3. The van der Waals surface area contributed by atoms with E-state index in [1.807, 2.05) is 53.4 Å². The van der Waals surface area contributed by atoms with E-state index < -0.39 is 0 Å². The second-order valence-electron chi connectivity index (χ2n) is 9.42. The summed E-state index contributed by atoms with van der Waals surface area (Å²) >= 11 is 0. The molecule has 33 heavy (non-hydrogen) atoms. The minimum absolute atomic E-state index is 0.00479. The summed E-state index contributed by atoms with van der Waals surface area (Å²) in [6, 6.07) is 22.4. The highest BCUT2D eigenvalue weighted by Gasteiger charge is 2.44. The van der Waals surface area contributed by atoms with E-state index in [0.717, 1.165) is 59.9 Å². The van der Waals surface area contributed by atoms with Crippen molar-refractivity contribution in [3.05, 3.63) is 89.0 Å². The Morgan fingerprint density at radius 3 is 2.27 bits per heavy atom. The highest BCUT2D eigenvalue weighted by molar-refractivity contribution is 5.79. The lowest BCUT2D eigenvalue weighted by Crippen LogP contribution is -2.46. The minimum atomic E-state index is -0.00479. The number of ether oxygens (including phenoxy) is 2. The lowest BCUT2D eigenvalue weighted by molar-refractivity contribution is -0.133. The number of fused-ring (bicyclic) bond motifs is 4. The zero-order valence-electron chi connectivity index (χ0n) is 18.6. The molecule has 5 heteroatoms. The van der Waals surface area contributed by atoms with Crippen molar-refractivity contribution in [3.63, 3.8) is 0 Å². The second kappa shape index (κ2) is 7.92. The van der Waals surface area contributed by atoms with E-state index in [2.05, 4.69) is 18.2 Å². The number of piperidine rings is 1. The summed E-state index contributed by atoms with van der Waals surface area (Å²) in [5.41, 5.74) is 10.5. The molecule has 0 unspecified atom stereocenters. The number of carbonyl (C=O) groups is 1. The van der Waals surface area contributed by atoms with Crippen LogP contribution in [0.4, 0.5) is 0 Å². The molecule has 3 aliphatic heterocycles. The maximum Gasteiger partial charge on any atom is 0.223 e. The molecule has 0 bridgehead atoms. The highest BCUT2D eigenvalue weighted by Crippen LogP contribution is 2.48. The van der Waals surface area contributed by atoms with Gasteiger partial charge in [0, 0.05) is 54.1 Å². The van der Waals surface area contributed by atoms with Crippen LogP contribution < -0.4 is 15.2 Å². The number of carbonyl (C=O) groups excluding carboxylic acids is 1. The SMILES string of the molecule is NCc1ccc2c(c1)C1(CCN(C(=O)CC3c4ccccc4Oc4ccccc43)CC1)CO2. The van der Waals surface area contributed by atoms with Gasteiger partial charge >= 0.3 is 0 Å². The van der Waals surface area contributed by atoms with Crippen LogP contribution in [0.15, 0.2) is 66.7 Å². The van der Waals surface area contributed by atoms with Crippen LogP contribution in [0.1, 0.15) is 47.4 Å². The molecule has 1 saturated heterocycles. The molecule has 1 spiro atoms. The molecule has 3 heterocycles. The summed E-state index contributed by atoms with van der Waals surface area (Å²) in [6.07, 6.45) is 2.29. The fraction of sp³-hybridized carbons (Fsp3) is 0.321. The highest BCUT2D eigenvalue weighted by atomic mass is 16.5. The Morgan fingerprint density at radius 1 is 0.939 bits per heavy atom. The standard InChI is InChI=1S/C28H28N2O3/c29-17-19-9-10-26-23(15-19)28(18-32-26)11-13-30(14-12-28)27(31)16-22-20-5-1-3-7-24(20)33-25-8-4-2-6-21(22)25/h1-10,15,22H,11-14,16-18,29H2. The van der Waals surface area contributed by atoms with E-state index in [-0.39, 0.29) is 17.2 Å². The normalized spacial score (nSPS) is 18.2. The minimum Gasteiger partial charge on any atom is -0.492 e. The van der Waals surface area contributed by atoms with Crippen LogP contribution >= 0.6 is 0 Å². The van der Waals surface area contributed by atoms with Gasteiger partial charge in [-0.05, 0) is 36.6 Å². The molecule has 2 N–H and O–H groups in total. The third kappa shape index (κ3) is 3.39. The Labute approximate surface area is 194 Å². The van der Waals surface area contributed by atoms with E-state index >= 15 is 0 Å². The monoisotopic (exact) mass is 440 g/mol. The van der Waals surface area contributed by atoms with Gasteiger partial charge in [0.25, 0.3) is 0 Å². The molecule has 3 aromatic carbocycles. The van der Waals surface area contributed by atoms with Crippen molar-refractivity contribution in [2.45, 2.75) is 37.1 Å². The fourth-order valence-corrected chi connectivity index (χ4v) is 5.67. The molecule has 1 amide bonds. The van der Waals surface area contributed by atoms with Crippen molar-refractivity contribution in [1.29, 1.82) is 0 Å². The first kappa shape index (κ1) is 20.3. The number of nitrogens with zero attached hydrogens (tertiary/aromatic N) is 1. The number of hydrogen-bond acceptors (Lipinski definition) is 4. The molecule has 1 fully saturated rings. The van der Waals surface area contributed by atoms with Crippen LogP contribution in [0.25, 0.3) is 0 Å². The summed E-state index contributed by atoms with van der Waals surface area (Å²) in [5, 5.41) is 0. The van der Waals surface area contributed by atoms with Gasteiger partial charge in [0.1, 0.15) is 17.2 Å². The van der Waals surface area contributed by atoms with Gasteiger partial charge in [-0.2, -0.15) is 0 Å². The molecule has 0 saturated carbocycles. The number of benzene rings is 3. The summed E-state index contributed by atoms with van der Waals surface area (Å²) in [5.74, 6) is 2.89. The molecule has 5 nitrogen and oxygen atoms in total. The molecular formula is C28H28N2O3. The third-order valence-corrected chi connectivity index (χ3v) is 7.62. The topological polar surface area (TPSA) is 64.8 Å². The van der Waals surface area contributed by atoms with Crippen LogP contribution in [0.3, 0.4) is 0 Å². The average Bonchev–Trinajstić information content (AvgIpc) is 3.21. The average molecular weight is 441 g/mol. The first-order chi connectivity index (χ1) is 16.2. The van der Waals surface area contributed by atoms with E-state index in [1.54, 1.807) is 0 Å².